The molecule has 6 rings (SSSR count). The van der Waals surface area contributed by atoms with Crippen LogP contribution in [0.3, 0.4) is 0 Å². The second-order valence-corrected chi connectivity index (χ2v) is 14.3. The number of aromatic nitrogens is 3. The fourth-order valence-electron chi connectivity index (χ4n) is 7.67. The summed E-state index contributed by atoms with van der Waals surface area (Å²) in [6, 6.07) is 14.2. The number of rotatable bonds is 18. The molecule has 0 atom stereocenters. The summed E-state index contributed by atoms with van der Waals surface area (Å²) in [5, 5.41) is 17.7. The van der Waals surface area contributed by atoms with Crippen LogP contribution < -0.4 is 9.64 Å². The molecule has 0 spiro atoms. The second kappa shape index (κ2) is 18.3. The summed E-state index contributed by atoms with van der Waals surface area (Å²) in [7, 11) is 1.99. The van der Waals surface area contributed by atoms with Gasteiger partial charge in [-0.25, -0.2) is 9.18 Å². The van der Waals surface area contributed by atoms with Crippen molar-refractivity contribution in [3.05, 3.63) is 76.3 Å². The number of nitrogens with zero attached hydrogens (tertiary/aromatic N) is 3. The van der Waals surface area contributed by atoms with Crippen LogP contribution in [0, 0.1) is 11.7 Å². The van der Waals surface area contributed by atoms with Crippen molar-refractivity contribution in [1.82, 2.24) is 14.8 Å². The molecule has 1 saturated heterocycles. The molecule has 1 fully saturated rings. The van der Waals surface area contributed by atoms with Crippen LogP contribution in [0.5, 0.6) is 5.75 Å². The minimum absolute atomic E-state index is 0.184. The Labute approximate surface area is 316 Å². The first-order valence-electron chi connectivity index (χ1n) is 19.2. The molecule has 1 aliphatic rings. The van der Waals surface area contributed by atoms with Crippen LogP contribution >= 0.6 is 11.6 Å². The van der Waals surface area contributed by atoms with Crippen LogP contribution in [0.15, 0.2) is 48.5 Å². The van der Waals surface area contributed by atoms with Crippen molar-refractivity contribution in [2.45, 2.75) is 71.6 Å². The number of carbonyl (C=O) groups excluding carboxylic acids is 1. The van der Waals surface area contributed by atoms with E-state index in [2.05, 4.69) is 16.8 Å². The highest BCUT2D eigenvalue weighted by molar-refractivity contribution is 6.35. The number of anilines is 1. The lowest BCUT2D eigenvalue weighted by Crippen LogP contribution is -2.29. The summed E-state index contributed by atoms with van der Waals surface area (Å²) < 4.78 is 33.2. The Morgan fingerprint density at radius 3 is 2.64 bits per heavy atom. The Morgan fingerprint density at radius 1 is 1.06 bits per heavy atom. The van der Waals surface area contributed by atoms with Crippen LogP contribution in [0.2, 0.25) is 5.02 Å². The van der Waals surface area contributed by atoms with E-state index in [4.69, 9.17) is 30.9 Å². The first-order valence-corrected chi connectivity index (χ1v) is 19.5. The lowest BCUT2D eigenvalue weighted by molar-refractivity contribution is 0.0519. The molecule has 2 N–H and O–H groups in total. The molecule has 0 radical (unpaired) electrons. The Balaban J connectivity index is 1.36. The van der Waals surface area contributed by atoms with E-state index in [-0.39, 0.29) is 19.0 Å². The maximum atomic E-state index is 13.9. The topological polar surface area (TPSA) is 102 Å². The third-order valence-electron chi connectivity index (χ3n) is 10.4. The van der Waals surface area contributed by atoms with Gasteiger partial charge in [0.1, 0.15) is 17.3 Å². The summed E-state index contributed by atoms with van der Waals surface area (Å²) in [5.41, 5.74) is 4.89. The van der Waals surface area contributed by atoms with Crippen LogP contribution in [0.1, 0.15) is 80.5 Å². The number of H-pyrrole nitrogens is 1. The maximum Gasteiger partial charge on any atom is 0.355 e. The average molecular weight is 747 g/mol. The highest BCUT2D eigenvalue weighted by atomic mass is 35.5. The molecule has 1 aliphatic heterocycles. The van der Waals surface area contributed by atoms with Gasteiger partial charge in [0, 0.05) is 62.0 Å². The van der Waals surface area contributed by atoms with Crippen LogP contribution in [-0.2, 0) is 29.4 Å². The van der Waals surface area contributed by atoms with Crippen molar-refractivity contribution in [3.63, 3.8) is 0 Å². The summed E-state index contributed by atoms with van der Waals surface area (Å²) in [4.78, 5) is 19.4. The molecule has 11 heteroatoms. The summed E-state index contributed by atoms with van der Waals surface area (Å²) in [6.07, 6.45) is 7.70. The Hall–Kier alpha value is -4.12. The third-order valence-corrected chi connectivity index (χ3v) is 10.7. The van der Waals surface area contributed by atoms with Gasteiger partial charge < -0.3 is 29.2 Å². The highest BCUT2D eigenvalue weighted by Crippen LogP contribution is 2.44. The van der Waals surface area contributed by atoms with Gasteiger partial charge in [0.05, 0.1) is 29.3 Å². The number of aliphatic hydroxyl groups excluding tert-OH is 1. The van der Waals surface area contributed by atoms with E-state index < -0.39 is 5.97 Å². The molecule has 0 amide bonds. The number of nitrogens with one attached hydrogen (secondary N) is 1. The zero-order valence-electron chi connectivity index (χ0n) is 31.2. The van der Waals surface area contributed by atoms with Crippen LogP contribution in [-0.4, -0.2) is 72.0 Å². The van der Waals surface area contributed by atoms with Crippen molar-refractivity contribution < 1.29 is 28.5 Å². The standard InChI is InChI=1S/C42H52ClFN4O5/c1-4-35-38(41(46-47(35)3)48(21-7-6-8-23-49)22-18-28-19-25-51-26-20-28)37-34(43)17-16-33-32(40(45-39(33)37)42(50)52-5-2)12-10-24-53-36-13-9-11-29-27-30(44)14-15-31(29)36/h9,11,13-17,27-28,45,49H,4-8,10,12,18-26H2,1-3H3. The highest BCUT2D eigenvalue weighted by Gasteiger charge is 2.29. The van der Waals surface area contributed by atoms with E-state index in [9.17, 15) is 14.3 Å². The van der Waals surface area contributed by atoms with Crippen molar-refractivity contribution in [2.75, 3.05) is 51.0 Å². The number of carbonyl (C=O) groups is 1. The summed E-state index contributed by atoms with van der Waals surface area (Å²) in [5.74, 6) is 1.47. The number of aromatic amines is 1. The van der Waals surface area contributed by atoms with E-state index in [1.54, 1.807) is 13.0 Å². The van der Waals surface area contributed by atoms with Crippen molar-refractivity contribution >= 4 is 45.1 Å². The van der Waals surface area contributed by atoms with Crippen molar-refractivity contribution in [2.24, 2.45) is 13.0 Å². The minimum Gasteiger partial charge on any atom is -0.493 e. The number of aliphatic hydroxyl groups is 1. The molecule has 0 bridgehead atoms. The molecular weight excluding hydrogens is 695 g/mol. The predicted octanol–water partition coefficient (Wildman–Crippen LogP) is 9.05. The van der Waals surface area contributed by atoms with E-state index in [1.165, 1.54) is 12.1 Å². The fraction of sp³-hybridized carbons (Fsp3) is 0.476. The predicted molar refractivity (Wildman–Crippen MR) is 210 cm³/mol. The number of esters is 1. The fourth-order valence-corrected chi connectivity index (χ4v) is 7.92. The monoisotopic (exact) mass is 746 g/mol. The smallest absolute Gasteiger partial charge is 0.355 e. The van der Waals surface area contributed by atoms with Gasteiger partial charge >= 0.3 is 5.97 Å². The van der Waals surface area contributed by atoms with Gasteiger partial charge in [-0.15, -0.1) is 0 Å². The summed E-state index contributed by atoms with van der Waals surface area (Å²) >= 11 is 7.17. The number of hydrogen-bond donors (Lipinski definition) is 2. The number of aryl methyl sites for hydroxylation is 2. The van der Waals surface area contributed by atoms with Gasteiger partial charge in [-0.2, -0.15) is 5.10 Å². The van der Waals surface area contributed by atoms with Gasteiger partial charge in [-0.3, -0.25) is 4.68 Å². The van der Waals surface area contributed by atoms with Gasteiger partial charge in [0.15, 0.2) is 5.82 Å². The van der Waals surface area contributed by atoms with Gasteiger partial charge in [-0.05, 0) is 112 Å². The van der Waals surface area contributed by atoms with E-state index >= 15 is 0 Å². The third kappa shape index (κ3) is 8.82. The Kier molecular flexibility index (Phi) is 13.3. The average Bonchev–Trinajstić information content (AvgIpc) is 3.70. The second-order valence-electron chi connectivity index (χ2n) is 13.9. The van der Waals surface area contributed by atoms with Crippen molar-refractivity contribution in [1.29, 1.82) is 0 Å². The molecule has 9 nitrogen and oxygen atoms in total. The molecule has 284 valence electrons. The Bertz CT molecular complexity index is 2000. The number of hydrogen-bond acceptors (Lipinski definition) is 7. The molecule has 3 heterocycles. The van der Waals surface area contributed by atoms with E-state index in [1.807, 2.05) is 42.1 Å². The lowest BCUT2D eigenvalue weighted by Gasteiger charge is -2.28. The number of ether oxygens (including phenoxy) is 3. The van der Waals surface area contributed by atoms with Gasteiger partial charge in [0.25, 0.3) is 0 Å². The molecule has 0 aliphatic carbocycles. The SMILES string of the molecule is CCOC(=O)c1[nH]c2c(-c3c(N(CCCCCO)CCC4CCOCC4)nn(C)c3CC)c(Cl)ccc2c1CCCOc1cccc2cc(F)ccc12. The van der Waals surface area contributed by atoms with E-state index in [0.29, 0.717) is 41.8 Å². The first kappa shape index (κ1) is 38.6. The minimum atomic E-state index is -0.415. The molecule has 3 aromatic carbocycles. The quantitative estimate of drug-likeness (QED) is 0.0682. The maximum absolute atomic E-state index is 13.9. The zero-order valence-corrected chi connectivity index (χ0v) is 31.9. The molecule has 0 unspecified atom stereocenters. The first-order chi connectivity index (χ1) is 25.8. The molecule has 2 aromatic heterocycles. The summed E-state index contributed by atoms with van der Waals surface area (Å²) in [6.45, 7) is 8.03. The molecule has 0 saturated carbocycles. The van der Waals surface area contributed by atoms with Crippen LogP contribution in [0.4, 0.5) is 10.2 Å². The van der Waals surface area contributed by atoms with Gasteiger partial charge in [0.2, 0.25) is 0 Å². The van der Waals surface area contributed by atoms with Crippen LogP contribution in [0.25, 0.3) is 32.8 Å². The number of halogens is 2. The lowest BCUT2D eigenvalue weighted by atomic mass is 9.95. The normalized spacial score (nSPS) is 13.6. The molecular formula is C42H52ClFN4O5. The van der Waals surface area contributed by atoms with Crippen molar-refractivity contribution in [3.8, 4) is 16.9 Å². The number of unbranched alkanes of at least 4 members (excludes halogenated alkanes) is 2. The number of benzene rings is 3. The van der Waals surface area contributed by atoms with Gasteiger partial charge in [-0.1, -0.05) is 36.7 Å². The zero-order chi connectivity index (χ0) is 37.3. The Morgan fingerprint density at radius 2 is 1.87 bits per heavy atom. The molecule has 5 aromatic rings. The number of fused-ring (bicyclic) bond motifs is 2. The largest absolute Gasteiger partial charge is 0.493 e. The molecule has 53 heavy (non-hydrogen) atoms. The van der Waals surface area contributed by atoms with E-state index in [0.717, 1.165) is 121 Å².